The van der Waals surface area contributed by atoms with E-state index in [2.05, 4.69) is 14.7 Å². The zero-order valence-corrected chi connectivity index (χ0v) is 12.1. The zero-order chi connectivity index (χ0) is 14.0. The number of nitrogens with one attached hydrogen (secondary N) is 1. The van der Waals surface area contributed by atoms with Crippen LogP contribution >= 0.6 is 0 Å². The smallest absolute Gasteiger partial charge is 0.211 e. The van der Waals surface area contributed by atoms with Gasteiger partial charge in [-0.1, -0.05) is 5.16 Å². The highest BCUT2D eigenvalue weighted by molar-refractivity contribution is 7.88. The third-order valence-electron chi connectivity index (χ3n) is 2.50. The predicted octanol–water partition coefficient (Wildman–Crippen LogP) is -1.57. The van der Waals surface area contributed by atoms with Crippen LogP contribution in [-0.4, -0.2) is 66.1 Å². The number of hydrogen-bond donors (Lipinski definition) is 1. The second-order valence-corrected chi connectivity index (χ2v) is 7.95. The van der Waals surface area contributed by atoms with E-state index in [9.17, 15) is 16.8 Å². The van der Waals surface area contributed by atoms with Crippen molar-refractivity contribution >= 4 is 25.8 Å². The van der Waals surface area contributed by atoms with Gasteiger partial charge in [0, 0.05) is 19.0 Å². The van der Waals surface area contributed by atoms with Gasteiger partial charge in [0.1, 0.15) is 7.11 Å². The monoisotopic (exact) mass is 299 g/mol. The number of nitrogens with zero attached hydrogens (tertiary/aromatic N) is 2. The molecule has 0 spiro atoms. The maximum atomic E-state index is 11.4. The van der Waals surface area contributed by atoms with Crippen molar-refractivity contribution in [3.63, 3.8) is 0 Å². The van der Waals surface area contributed by atoms with Gasteiger partial charge in [-0.3, -0.25) is 0 Å². The first kappa shape index (κ1) is 15.3. The minimum atomic E-state index is -3.32. The first-order valence-corrected chi connectivity index (χ1v) is 8.87. The molecule has 1 fully saturated rings. The molecule has 1 saturated heterocycles. The molecule has 1 N–H and O–H groups in total. The Hall–Kier alpha value is -0.710. The van der Waals surface area contributed by atoms with Crippen molar-refractivity contribution in [2.75, 3.05) is 39.3 Å². The Kier molecular flexibility index (Phi) is 4.70. The first-order chi connectivity index (χ1) is 8.13. The third kappa shape index (κ3) is 4.52. The van der Waals surface area contributed by atoms with Gasteiger partial charge in [0.2, 0.25) is 20.0 Å². The molecular formula is C8H17N3O5S2. The van der Waals surface area contributed by atoms with Gasteiger partial charge in [-0.15, -0.1) is 0 Å². The fourth-order valence-electron chi connectivity index (χ4n) is 1.63. The Morgan fingerprint density at radius 3 is 2.44 bits per heavy atom. The maximum Gasteiger partial charge on any atom is 0.211 e. The standard InChI is InChI=1S/C8H17N3O5S2/c1-16-10-8-6-11(18(3,14)15)5-7(8)4-9-17(2,12)13/h7,9H,4-6H2,1-3H3/b10-8+. The summed E-state index contributed by atoms with van der Waals surface area (Å²) in [6.45, 7) is 0.430. The van der Waals surface area contributed by atoms with Crippen LogP contribution in [0.5, 0.6) is 0 Å². The van der Waals surface area contributed by atoms with E-state index in [1.807, 2.05) is 0 Å². The normalized spacial score (nSPS) is 24.6. The van der Waals surface area contributed by atoms with Crippen molar-refractivity contribution in [2.24, 2.45) is 11.1 Å². The van der Waals surface area contributed by atoms with E-state index in [0.717, 1.165) is 12.5 Å². The van der Waals surface area contributed by atoms with Gasteiger partial charge in [-0.25, -0.2) is 21.6 Å². The lowest BCUT2D eigenvalue weighted by atomic mass is 10.1. The van der Waals surface area contributed by atoms with E-state index in [-0.39, 0.29) is 25.6 Å². The van der Waals surface area contributed by atoms with E-state index in [1.54, 1.807) is 0 Å². The molecule has 8 nitrogen and oxygen atoms in total. The van der Waals surface area contributed by atoms with Crippen LogP contribution in [0.3, 0.4) is 0 Å². The molecule has 0 aromatic carbocycles. The summed E-state index contributed by atoms with van der Waals surface area (Å²) in [5.74, 6) is -0.311. The molecule has 0 bridgehead atoms. The zero-order valence-electron chi connectivity index (χ0n) is 10.5. The molecule has 1 unspecified atom stereocenters. The van der Waals surface area contributed by atoms with Gasteiger partial charge < -0.3 is 4.84 Å². The van der Waals surface area contributed by atoms with Crippen LogP contribution < -0.4 is 4.72 Å². The predicted molar refractivity (Wildman–Crippen MR) is 67.2 cm³/mol. The SMILES string of the molecule is CO/N=C1\CN(S(C)(=O)=O)CC1CNS(C)(=O)=O. The maximum absolute atomic E-state index is 11.4. The Morgan fingerprint density at radius 1 is 1.39 bits per heavy atom. The number of oxime groups is 1. The van der Waals surface area contributed by atoms with Crippen molar-refractivity contribution < 1.29 is 21.7 Å². The Labute approximate surface area is 107 Å². The Morgan fingerprint density at radius 2 is 2.00 bits per heavy atom. The van der Waals surface area contributed by atoms with Gasteiger partial charge >= 0.3 is 0 Å². The van der Waals surface area contributed by atoms with Crippen molar-refractivity contribution in [3.05, 3.63) is 0 Å². The molecule has 0 aromatic rings. The topological polar surface area (TPSA) is 105 Å². The van der Waals surface area contributed by atoms with Gasteiger partial charge in [0.15, 0.2) is 0 Å². The second-order valence-electron chi connectivity index (χ2n) is 4.14. The van der Waals surface area contributed by atoms with Gasteiger partial charge in [-0.2, -0.15) is 4.31 Å². The average molecular weight is 299 g/mol. The van der Waals surface area contributed by atoms with Gasteiger partial charge in [0.25, 0.3) is 0 Å². The van der Waals surface area contributed by atoms with Crippen LogP contribution in [0.1, 0.15) is 0 Å². The number of hydrogen-bond acceptors (Lipinski definition) is 6. The molecule has 0 saturated carbocycles. The highest BCUT2D eigenvalue weighted by atomic mass is 32.2. The molecule has 1 heterocycles. The summed E-state index contributed by atoms with van der Waals surface area (Å²) < 4.78 is 48.5. The van der Waals surface area contributed by atoms with Crippen LogP contribution in [0.2, 0.25) is 0 Å². The van der Waals surface area contributed by atoms with Crippen molar-refractivity contribution in [2.45, 2.75) is 0 Å². The second kappa shape index (κ2) is 5.51. The minimum Gasteiger partial charge on any atom is -0.399 e. The van der Waals surface area contributed by atoms with Crippen LogP contribution in [-0.2, 0) is 24.9 Å². The van der Waals surface area contributed by atoms with Crippen molar-refractivity contribution in [3.8, 4) is 0 Å². The summed E-state index contributed by atoms with van der Waals surface area (Å²) in [6.07, 6.45) is 2.15. The van der Waals surface area contributed by atoms with Crippen LogP contribution in [0.4, 0.5) is 0 Å². The molecule has 18 heavy (non-hydrogen) atoms. The molecule has 0 amide bonds. The quantitative estimate of drug-likeness (QED) is 0.617. The highest BCUT2D eigenvalue weighted by Crippen LogP contribution is 2.16. The van der Waals surface area contributed by atoms with Gasteiger partial charge in [-0.05, 0) is 0 Å². The highest BCUT2D eigenvalue weighted by Gasteiger charge is 2.34. The molecule has 0 aliphatic carbocycles. The lowest BCUT2D eigenvalue weighted by Gasteiger charge is -2.12. The van der Waals surface area contributed by atoms with E-state index in [4.69, 9.17) is 0 Å². The van der Waals surface area contributed by atoms with E-state index in [0.29, 0.717) is 5.71 Å². The largest absolute Gasteiger partial charge is 0.399 e. The Balaban J connectivity index is 2.80. The lowest BCUT2D eigenvalue weighted by molar-refractivity contribution is 0.211. The first-order valence-electron chi connectivity index (χ1n) is 5.13. The third-order valence-corrected chi connectivity index (χ3v) is 4.41. The van der Waals surface area contributed by atoms with E-state index >= 15 is 0 Å². The molecule has 1 aliphatic rings. The van der Waals surface area contributed by atoms with E-state index < -0.39 is 20.0 Å². The molecule has 1 rings (SSSR count). The van der Waals surface area contributed by atoms with Crippen molar-refractivity contribution in [1.29, 1.82) is 0 Å². The molecule has 106 valence electrons. The summed E-state index contributed by atoms with van der Waals surface area (Å²) in [5.41, 5.74) is 0.513. The molecule has 10 heteroatoms. The molecule has 1 aliphatic heterocycles. The summed E-state index contributed by atoms with van der Waals surface area (Å²) in [4.78, 5) is 4.64. The van der Waals surface area contributed by atoms with E-state index in [1.165, 1.54) is 11.4 Å². The minimum absolute atomic E-state index is 0.104. The fourth-order valence-corrected chi connectivity index (χ4v) is 2.95. The average Bonchev–Trinajstić information content (AvgIpc) is 2.57. The van der Waals surface area contributed by atoms with Crippen LogP contribution in [0.25, 0.3) is 0 Å². The van der Waals surface area contributed by atoms with Crippen molar-refractivity contribution in [1.82, 2.24) is 9.03 Å². The molecule has 1 atom stereocenters. The summed E-state index contributed by atoms with van der Waals surface area (Å²) in [7, 11) is -5.28. The summed E-state index contributed by atoms with van der Waals surface area (Å²) in [5, 5.41) is 3.75. The van der Waals surface area contributed by atoms with Gasteiger partial charge in [0.05, 0.1) is 24.8 Å². The number of rotatable bonds is 5. The van der Waals surface area contributed by atoms with Crippen LogP contribution in [0.15, 0.2) is 5.16 Å². The molecule has 0 radical (unpaired) electrons. The van der Waals surface area contributed by atoms with Crippen LogP contribution in [0, 0.1) is 5.92 Å². The summed E-state index contributed by atoms with van der Waals surface area (Å²) >= 11 is 0. The Bertz CT molecular complexity index is 525. The molecular weight excluding hydrogens is 282 g/mol. The fraction of sp³-hybridized carbons (Fsp3) is 0.875. The number of sulfonamides is 2. The molecule has 0 aromatic heterocycles. The lowest BCUT2D eigenvalue weighted by Crippen LogP contribution is -2.33. The summed E-state index contributed by atoms with van der Waals surface area (Å²) in [6, 6.07) is 0.